The van der Waals surface area contributed by atoms with E-state index >= 15 is 0 Å². The first kappa shape index (κ1) is 11.5. The van der Waals surface area contributed by atoms with Crippen molar-refractivity contribution in [1.29, 1.82) is 0 Å². The third-order valence-electron chi connectivity index (χ3n) is 2.09. The monoisotopic (exact) mass is 210 g/mol. The number of aryl methyl sites for hydroxylation is 1. The molecule has 0 bridgehead atoms. The van der Waals surface area contributed by atoms with E-state index in [1.54, 1.807) is 26.2 Å². The Hall–Kier alpha value is -1.62. The molecule has 1 amide bonds. The molecule has 1 rings (SSSR count). The van der Waals surface area contributed by atoms with Crippen LogP contribution in [0.3, 0.4) is 0 Å². The van der Waals surface area contributed by atoms with Gasteiger partial charge >= 0.3 is 0 Å². The van der Waals surface area contributed by atoms with Crippen LogP contribution in [-0.4, -0.2) is 37.2 Å². The molecule has 0 aliphatic heterocycles. The van der Waals surface area contributed by atoms with Gasteiger partial charge in [-0.3, -0.25) is 14.6 Å². The van der Waals surface area contributed by atoms with Crippen LogP contribution < -0.4 is 4.74 Å². The minimum Gasteiger partial charge on any atom is -0.495 e. The average Bonchev–Trinajstić information content (AvgIpc) is 2.27. The summed E-state index contributed by atoms with van der Waals surface area (Å²) in [6, 6.07) is 1.64. The summed E-state index contributed by atoms with van der Waals surface area (Å²) >= 11 is 0. The largest absolute Gasteiger partial charge is 0.495 e. The minimum atomic E-state index is -0.249. The fraction of sp³-hybridized carbons (Fsp3) is 0.400. The minimum absolute atomic E-state index is 0.249. The highest BCUT2D eigenvalue weighted by molar-refractivity contribution is 5.94. The number of amides is 1. The number of ether oxygens (including phenoxy) is 1. The van der Waals surface area contributed by atoms with Crippen molar-refractivity contribution in [3.8, 4) is 5.75 Å². The molecule has 0 aliphatic rings. The Morgan fingerprint density at radius 1 is 1.47 bits per heavy atom. The fourth-order valence-electron chi connectivity index (χ4n) is 1.09. The molecule has 0 radical (unpaired) electrons. The number of nitrogens with zero attached hydrogens (tertiary/aromatic N) is 2. The van der Waals surface area contributed by atoms with Crippen molar-refractivity contribution in [2.24, 2.45) is 0 Å². The Morgan fingerprint density at radius 3 is 2.67 bits per heavy atom. The predicted molar refractivity (Wildman–Crippen MR) is 54.6 cm³/mol. The van der Waals surface area contributed by atoms with Gasteiger partial charge in [-0.2, -0.15) is 0 Å². The fourth-order valence-corrected chi connectivity index (χ4v) is 1.09. The molecule has 0 atom stereocenters. The van der Waals surface area contributed by atoms with Crippen LogP contribution in [0.4, 0.5) is 0 Å². The number of pyridine rings is 1. The molecule has 0 N–H and O–H groups in total. The average molecular weight is 210 g/mol. The van der Waals surface area contributed by atoms with Gasteiger partial charge in [0.2, 0.25) is 0 Å². The van der Waals surface area contributed by atoms with Crippen molar-refractivity contribution in [2.45, 2.75) is 6.92 Å². The van der Waals surface area contributed by atoms with E-state index in [9.17, 15) is 4.79 Å². The van der Waals surface area contributed by atoms with E-state index in [0.717, 1.165) is 5.06 Å². The number of hydrogen-bond donors (Lipinski definition) is 0. The van der Waals surface area contributed by atoms with Gasteiger partial charge in [-0.1, -0.05) is 0 Å². The second kappa shape index (κ2) is 4.75. The number of rotatable bonds is 3. The molecule has 1 heterocycles. The second-order valence-corrected chi connectivity index (χ2v) is 2.99. The first-order chi connectivity index (χ1) is 7.10. The summed E-state index contributed by atoms with van der Waals surface area (Å²) in [7, 11) is 4.50. The summed E-state index contributed by atoms with van der Waals surface area (Å²) < 4.78 is 5.00. The van der Waals surface area contributed by atoms with Gasteiger partial charge < -0.3 is 4.74 Å². The van der Waals surface area contributed by atoms with E-state index in [-0.39, 0.29) is 5.91 Å². The van der Waals surface area contributed by atoms with Gasteiger partial charge in [-0.05, 0) is 13.0 Å². The van der Waals surface area contributed by atoms with E-state index in [1.807, 2.05) is 0 Å². The lowest BCUT2D eigenvalue weighted by molar-refractivity contribution is -0.0757. The summed E-state index contributed by atoms with van der Waals surface area (Å²) in [5.41, 5.74) is 1.11. The van der Waals surface area contributed by atoms with Gasteiger partial charge in [0.05, 0.1) is 31.7 Å². The Morgan fingerprint density at radius 2 is 2.13 bits per heavy atom. The van der Waals surface area contributed by atoms with Crippen molar-refractivity contribution in [2.75, 3.05) is 21.3 Å². The topological polar surface area (TPSA) is 51.7 Å². The molecular formula is C10H14N2O3. The Bertz CT molecular complexity index is 366. The summed E-state index contributed by atoms with van der Waals surface area (Å²) in [4.78, 5) is 20.6. The van der Waals surface area contributed by atoms with Crippen LogP contribution in [0.5, 0.6) is 5.75 Å². The summed E-state index contributed by atoms with van der Waals surface area (Å²) in [5.74, 6) is 0.301. The van der Waals surface area contributed by atoms with E-state index in [0.29, 0.717) is 17.0 Å². The first-order valence-corrected chi connectivity index (χ1v) is 4.43. The molecule has 1 aromatic heterocycles. The van der Waals surface area contributed by atoms with E-state index in [1.165, 1.54) is 14.2 Å². The number of aromatic nitrogens is 1. The molecule has 0 aliphatic carbocycles. The van der Waals surface area contributed by atoms with Crippen molar-refractivity contribution in [3.05, 3.63) is 23.5 Å². The standard InChI is InChI=1S/C10H14N2O3/c1-7-9(10(13)12(2)15-4)5-8(14-3)6-11-7/h5-6H,1-4H3. The van der Waals surface area contributed by atoms with Gasteiger partial charge in [-0.25, -0.2) is 5.06 Å². The highest BCUT2D eigenvalue weighted by atomic mass is 16.7. The molecule has 0 saturated carbocycles. The molecule has 0 spiro atoms. The molecule has 1 aromatic rings. The maximum Gasteiger partial charge on any atom is 0.279 e. The normalized spacial score (nSPS) is 9.87. The van der Waals surface area contributed by atoms with Crippen LogP contribution in [0.2, 0.25) is 0 Å². The Labute approximate surface area is 88.6 Å². The number of carbonyl (C=O) groups excluding carboxylic acids is 1. The summed E-state index contributed by atoms with van der Waals surface area (Å²) in [6.07, 6.45) is 1.57. The zero-order valence-corrected chi connectivity index (χ0v) is 9.27. The molecular weight excluding hydrogens is 196 g/mol. The maximum atomic E-state index is 11.8. The third-order valence-corrected chi connectivity index (χ3v) is 2.09. The predicted octanol–water partition coefficient (Wildman–Crippen LogP) is 1.03. The molecule has 0 aromatic carbocycles. The van der Waals surface area contributed by atoms with E-state index in [2.05, 4.69) is 4.98 Å². The first-order valence-electron chi connectivity index (χ1n) is 4.43. The van der Waals surface area contributed by atoms with E-state index in [4.69, 9.17) is 9.57 Å². The lowest BCUT2D eigenvalue weighted by Crippen LogP contribution is -2.26. The smallest absolute Gasteiger partial charge is 0.279 e. The maximum absolute atomic E-state index is 11.8. The zero-order valence-electron chi connectivity index (χ0n) is 9.27. The molecule has 5 heteroatoms. The SMILES string of the molecule is COc1cnc(C)c(C(=O)N(C)OC)c1. The van der Waals surface area contributed by atoms with Crippen molar-refractivity contribution in [1.82, 2.24) is 10.0 Å². The lowest BCUT2D eigenvalue weighted by Gasteiger charge is -2.15. The molecule has 0 saturated heterocycles. The summed E-state index contributed by atoms with van der Waals surface area (Å²) in [6.45, 7) is 1.76. The number of methoxy groups -OCH3 is 1. The van der Waals surface area contributed by atoms with Crippen LogP contribution in [0.15, 0.2) is 12.3 Å². The Balaban J connectivity index is 3.07. The van der Waals surface area contributed by atoms with Crippen molar-refractivity contribution in [3.63, 3.8) is 0 Å². The van der Waals surface area contributed by atoms with Crippen LogP contribution in [0.1, 0.15) is 16.1 Å². The highest BCUT2D eigenvalue weighted by Gasteiger charge is 2.15. The number of hydroxylamine groups is 2. The molecule has 5 nitrogen and oxygen atoms in total. The number of carbonyl (C=O) groups is 1. The van der Waals surface area contributed by atoms with Crippen LogP contribution >= 0.6 is 0 Å². The highest BCUT2D eigenvalue weighted by Crippen LogP contribution is 2.15. The molecule has 0 fully saturated rings. The second-order valence-electron chi connectivity index (χ2n) is 2.99. The van der Waals surface area contributed by atoms with Crippen LogP contribution in [0, 0.1) is 6.92 Å². The van der Waals surface area contributed by atoms with Gasteiger partial charge in [0.1, 0.15) is 5.75 Å². The van der Waals surface area contributed by atoms with Gasteiger partial charge in [0.15, 0.2) is 0 Å². The Kier molecular flexibility index (Phi) is 3.62. The van der Waals surface area contributed by atoms with Crippen LogP contribution in [-0.2, 0) is 4.84 Å². The van der Waals surface area contributed by atoms with Gasteiger partial charge in [0.25, 0.3) is 5.91 Å². The quantitative estimate of drug-likeness (QED) is 0.699. The van der Waals surface area contributed by atoms with Crippen molar-refractivity contribution < 1.29 is 14.4 Å². The summed E-state index contributed by atoms with van der Waals surface area (Å²) in [5, 5.41) is 1.14. The molecule has 82 valence electrons. The zero-order chi connectivity index (χ0) is 11.4. The van der Waals surface area contributed by atoms with Gasteiger partial charge in [-0.15, -0.1) is 0 Å². The third kappa shape index (κ3) is 2.44. The molecule has 15 heavy (non-hydrogen) atoms. The number of hydrogen-bond acceptors (Lipinski definition) is 4. The van der Waals surface area contributed by atoms with Crippen molar-refractivity contribution >= 4 is 5.91 Å². The lowest BCUT2D eigenvalue weighted by atomic mass is 10.2. The molecule has 0 unspecified atom stereocenters. The van der Waals surface area contributed by atoms with E-state index < -0.39 is 0 Å². The van der Waals surface area contributed by atoms with Gasteiger partial charge in [0, 0.05) is 7.05 Å². The van der Waals surface area contributed by atoms with Crippen LogP contribution in [0.25, 0.3) is 0 Å².